The van der Waals surface area contributed by atoms with Crippen LogP contribution < -0.4 is 10.1 Å². The number of rotatable bonds is 3. The summed E-state index contributed by atoms with van der Waals surface area (Å²) in [6.45, 7) is 0. The number of fused-ring (bicyclic) bond motifs is 2. The summed E-state index contributed by atoms with van der Waals surface area (Å²) in [5.41, 5.74) is 2.70. The van der Waals surface area contributed by atoms with Crippen LogP contribution in [0.3, 0.4) is 0 Å². The van der Waals surface area contributed by atoms with E-state index in [0.29, 0.717) is 22.7 Å². The lowest BCUT2D eigenvalue weighted by molar-refractivity contribution is 0.137. The Balaban J connectivity index is 1.55. The predicted molar refractivity (Wildman–Crippen MR) is 95.2 cm³/mol. The molecule has 1 N–H and O–H groups in total. The number of hydrogen-bond acceptors (Lipinski definition) is 3. The molecule has 3 nitrogen and oxygen atoms in total. The summed E-state index contributed by atoms with van der Waals surface area (Å²) in [6.07, 6.45) is 4.91. The van der Waals surface area contributed by atoms with Gasteiger partial charge in [-0.15, -0.1) is 0 Å². The fourth-order valence-electron chi connectivity index (χ4n) is 3.83. The van der Waals surface area contributed by atoms with Gasteiger partial charge < -0.3 is 10.1 Å². The summed E-state index contributed by atoms with van der Waals surface area (Å²) in [7, 11) is 0. The summed E-state index contributed by atoms with van der Waals surface area (Å²) in [4.78, 5) is 0. The van der Waals surface area contributed by atoms with Crippen molar-refractivity contribution in [2.45, 2.75) is 43.9 Å². The lowest BCUT2D eigenvalue weighted by atomic mass is 10.0. The van der Waals surface area contributed by atoms with Gasteiger partial charge >= 0.3 is 0 Å². The van der Waals surface area contributed by atoms with E-state index in [1.54, 1.807) is 0 Å². The lowest BCUT2D eigenvalue weighted by Gasteiger charge is -2.29. The van der Waals surface area contributed by atoms with Crippen LogP contribution >= 0.6 is 11.6 Å². The van der Waals surface area contributed by atoms with Crippen molar-refractivity contribution in [2.75, 3.05) is 0 Å². The minimum Gasteiger partial charge on any atom is -0.490 e. The molecule has 122 valence electrons. The van der Waals surface area contributed by atoms with E-state index in [2.05, 4.69) is 11.4 Å². The number of nitrogens with one attached hydrogen (secondary N) is 1. The molecule has 2 aliphatic rings. The first-order valence-electron chi connectivity index (χ1n) is 8.43. The molecule has 0 spiro atoms. The quantitative estimate of drug-likeness (QED) is 0.893. The summed E-state index contributed by atoms with van der Waals surface area (Å²) >= 11 is 6.30. The molecule has 0 aromatic heterocycles. The Labute approximate surface area is 147 Å². The van der Waals surface area contributed by atoms with Gasteiger partial charge in [0.2, 0.25) is 0 Å². The third-order valence-electron chi connectivity index (χ3n) is 4.95. The second-order valence-corrected chi connectivity index (χ2v) is 7.15. The summed E-state index contributed by atoms with van der Waals surface area (Å²) in [5.74, 6) is 0.827. The molecule has 2 saturated heterocycles. The zero-order valence-electron chi connectivity index (χ0n) is 13.3. The minimum atomic E-state index is 0.260. The number of piperidine rings is 1. The molecule has 0 amide bonds. The van der Waals surface area contributed by atoms with Crippen molar-refractivity contribution in [2.24, 2.45) is 0 Å². The maximum absolute atomic E-state index is 8.92. The first-order valence-corrected chi connectivity index (χ1v) is 8.81. The summed E-state index contributed by atoms with van der Waals surface area (Å²) in [6, 6.07) is 16.7. The Morgan fingerprint density at radius 1 is 1.00 bits per heavy atom. The van der Waals surface area contributed by atoms with Crippen LogP contribution in [0.4, 0.5) is 0 Å². The van der Waals surface area contributed by atoms with Gasteiger partial charge in [0.05, 0.1) is 11.6 Å². The average Bonchev–Trinajstić information content (AvgIpc) is 2.93. The van der Waals surface area contributed by atoms with Gasteiger partial charge in [-0.25, -0.2) is 0 Å². The van der Waals surface area contributed by atoms with Gasteiger partial charge in [-0.1, -0.05) is 23.7 Å². The van der Waals surface area contributed by atoms with Crippen molar-refractivity contribution in [1.82, 2.24) is 5.32 Å². The van der Waals surface area contributed by atoms with Crippen LogP contribution in [0.2, 0.25) is 5.02 Å². The van der Waals surface area contributed by atoms with Crippen molar-refractivity contribution >= 4 is 11.6 Å². The van der Waals surface area contributed by atoms with Crippen LogP contribution in [-0.4, -0.2) is 18.2 Å². The highest BCUT2D eigenvalue weighted by atomic mass is 35.5. The molecule has 24 heavy (non-hydrogen) atoms. The summed E-state index contributed by atoms with van der Waals surface area (Å²) < 4.78 is 6.25. The zero-order chi connectivity index (χ0) is 16.5. The highest BCUT2D eigenvalue weighted by Gasteiger charge is 2.34. The van der Waals surface area contributed by atoms with Crippen LogP contribution in [0, 0.1) is 11.3 Å². The predicted octanol–water partition coefficient (Wildman–Crippen LogP) is 4.54. The highest BCUT2D eigenvalue weighted by molar-refractivity contribution is 6.31. The average molecular weight is 339 g/mol. The summed E-state index contributed by atoms with van der Waals surface area (Å²) in [5, 5.41) is 13.2. The van der Waals surface area contributed by atoms with E-state index in [-0.39, 0.29) is 6.10 Å². The maximum atomic E-state index is 8.92. The standard InChI is InChI=1S/C20H19ClN2O/c21-16-7-15(14-3-1-13(12-22)2-4-14)8-19(9-16)24-20-10-17-5-6-18(11-20)23-17/h1-4,7-9,17-18,20,23H,5-6,10-11H2. The van der Waals surface area contributed by atoms with Crippen LogP contribution in [0.15, 0.2) is 42.5 Å². The van der Waals surface area contributed by atoms with Crippen LogP contribution in [0.25, 0.3) is 11.1 Å². The first-order chi connectivity index (χ1) is 11.7. The molecular weight excluding hydrogens is 320 g/mol. The number of nitrogens with zero attached hydrogens (tertiary/aromatic N) is 1. The van der Waals surface area contributed by atoms with Gasteiger partial charge in [-0.2, -0.15) is 5.26 Å². The highest BCUT2D eigenvalue weighted by Crippen LogP contribution is 2.33. The fraction of sp³-hybridized carbons (Fsp3) is 0.350. The minimum absolute atomic E-state index is 0.260. The Kier molecular flexibility index (Phi) is 4.18. The van der Waals surface area contributed by atoms with Crippen LogP contribution in [-0.2, 0) is 0 Å². The Hall–Kier alpha value is -2.02. The second-order valence-electron chi connectivity index (χ2n) is 6.71. The molecule has 4 heteroatoms. The Morgan fingerprint density at radius 3 is 2.38 bits per heavy atom. The third kappa shape index (κ3) is 3.26. The van der Waals surface area contributed by atoms with E-state index in [0.717, 1.165) is 29.7 Å². The van der Waals surface area contributed by atoms with Crippen molar-refractivity contribution in [1.29, 1.82) is 5.26 Å². The van der Waals surface area contributed by atoms with Gasteiger partial charge in [0.1, 0.15) is 11.9 Å². The molecule has 2 bridgehead atoms. The number of ether oxygens (including phenoxy) is 1. The molecule has 2 fully saturated rings. The largest absolute Gasteiger partial charge is 0.490 e. The number of nitriles is 1. The molecule has 2 aromatic rings. The molecule has 2 aromatic carbocycles. The smallest absolute Gasteiger partial charge is 0.121 e. The molecule has 0 radical (unpaired) electrons. The Morgan fingerprint density at radius 2 is 1.71 bits per heavy atom. The molecule has 0 aliphatic carbocycles. The van der Waals surface area contributed by atoms with Crippen molar-refractivity contribution in [3.63, 3.8) is 0 Å². The third-order valence-corrected chi connectivity index (χ3v) is 5.17. The molecule has 2 aliphatic heterocycles. The molecule has 2 heterocycles. The fourth-order valence-corrected chi connectivity index (χ4v) is 4.05. The van der Waals surface area contributed by atoms with E-state index in [9.17, 15) is 0 Å². The topological polar surface area (TPSA) is 45.0 Å². The SMILES string of the molecule is N#Cc1ccc(-c2cc(Cl)cc(OC3CC4CCC(C3)N4)c2)cc1. The van der Waals surface area contributed by atoms with E-state index < -0.39 is 0 Å². The Bertz CT molecular complexity index is 769. The van der Waals surface area contributed by atoms with Crippen molar-refractivity contribution < 1.29 is 4.74 Å². The van der Waals surface area contributed by atoms with E-state index >= 15 is 0 Å². The molecular formula is C20H19ClN2O. The monoisotopic (exact) mass is 338 g/mol. The van der Waals surface area contributed by atoms with Crippen LogP contribution in [0.5, 0.6) is 5.75 Å². The molecule has 2 unspecified atom stereocenters. The van der Waals surface area contributed by atoms with Gasteiger partial charge in [0.25, 0.3) is 0 Å². The van der Waals surface area contributed by atoms with Gasteiger partial charge in [-0.05, 0) is 67.1 Å². The van der Waals surface area contributed by atoms with Gasteiger partial charge in [0, 0.05) is 17.1 Å². The van der Waals surface area contributed by atoms with E-state index in [4.69, 9.17) is 21.6 Å². The van der Waals surface area contributed by atoms with E-state index in [1.165, 1.54) is 12.8 Å². The van der Waals surface area contributed by atoms with Gasteiger partial charge in [0.15, 0.2) is 0 Å². The lowest BCUT2D eigenvalue weighted by Crippen LogP contribution is -2.42. The second kappa shape index (κ2) is 6.47. The van der Waals surface area contributed by atoms with Crippen molar-refractivity contribution in [3.8, 4) is 22.9 Å². The maximum Gasteiger partial charge on any atom is 0.121 e. The van der Waals surface area contributed by atoms with E-state index in [1.807, 2.05) is 42.5 Å². The molecule has 0 saturated carbocycles. The first kappa shape index (κ1) is 15.5. The molecule has 2 atom stereocenters. The van der Waals surface area contributed by atoms with Crippen LogP contribution in [0.1, 0.15) is 31.2 Å². The van der Waals surface area contributed by atoms with Crippen molar-refractivity contribution in [3.05, 3.63) is 53.1 Å². The normalized spacial score (nSPS) is 25.2. The number of halogens is 1. The van der Waals surface area contributed by atoms with Gasteiger partial charge in [-0.3, -0.25) is 0 Å². The number of hydrogen-bond donors (Lipinski definition) is 1. The molecule has 4 rings (SSSR count). The number of benzene rings is 2. The zero-order valence-corrected chi connectivity index (χ0v) is 14.1.